The van der Waals surface area contributed by atoms with Gasteiger partial charge < -0.3 is 0 Å². The van der Waals surface area contributed by atoms with Gasteiger partial charge in [-0.1, -0.05) is 13.8 Å². The van der Waals surface area contributed by atoms with E-state index in [1.165, 1.54) is 6.92 Å². The molecule has 1 N–H and O–H groups in total. The Labute approximate surface area is 72.9 Å². The SMILES string of the molecule is CCCNN(CC)[C@@H](C)C(F)F. The molecule has 2 nitrogen and oxygen atoms in total. The first-order chi connectivity index (χ1) is 5.63. The maximum Gasteiger partial charge on any atom is 0.255 e. The van der Waals surface area contributed by atoms with Crippen LogP contribution in [0, 0.1) is 0 Å². The molecule has 0 aliphatic carbocycles. The van der Waals surface area contributed by atoms with Crippen LogP contribution in [-0.2, 0) is 0 Å². The number of halogens is 2. The molecule has 0 saturated carbocycles. The number of hydrogen-bond acceptors (Lipinski definition) is 2. The van der Waals surface area contributed by atoms with E-state index in [1.54, 1.807) is 5.01 Å². The van der Waals surface area contributed by atoms with E-state index < -0.39 is 12.5 Å². The summed E-state index contributed by atoms with van der Waals surface area (Å²) in [6.07, 6.45) is -1.33. The lowest BCUT2D eigenvalue weighted by atomic mass is 10.3. The number of rotatable bonds is 6. The van der Waals surface area contributed by atoms with Crippen LogP contribution in [0.1, 0.15) is 27.2 Å². The zero-order chi connectivity index (χ0) is 9.56. The second kappa shape index (κ2) is 6.31. The van der Waals surface area contributed by atoms with Gasteiger partial charge in [-0.15, -0.1) is 0 Å². The van der Waals surface area contributed by atoms with Gasteiger partial charge >= 0.3 is 0 Å². The fraction of sp³-hybridized carbons (Fsp3) is 1.00. The largest absolute Gasteiger partial charge is 0.255 e. The average molecular weight is 180 g/mol. The number of hydrazine groups is 1. The third-order valence-corrected chi connectivity index (χ3v) is 1.76. The molecule has 0 aliphatic heterocycles. The van der Waals surface area contributed by atoms with Crippen LogP contribution in [0.15, 0.2) is 0 Å². The van der Waals surface area contributed by atoms with E-state index in [9.17, 15) is 8.78 Å². The van der Waals surface area contributed by atoms with E-state index >= 15 is 0 Å². The average Bonchev–Trinajstić information content (AvgIpc) is 2.05. The third kappa shape index (κ3) is 3.97. The molecule has 0 unspecified atom stereocenters. The van der Waals surface area contributed by atoms with Crippen LogP contribution in [0.5, 0.6) is 0 Å². The number of hydrogen-bond donors (Lipinski definition) is 1. The van der Waals surface area contributed by atoms with Crippen molar-refractivity contribution in [3.63, 3.8) is 0 Å². The quantitative estimate of drug-likeness (QED) is 0.628. The molecule has 74 valence electrons. The van der Waals surface area contributed by atoms with Crippen LogP contribution in [0.25, 0.3) is 0 Å². The predicted octanol–water partition coefficient (Wildman–Crippen LogP) is 1.88. The van der Waals surface area contributed by atoms with Gasteiger partial charge in [0.2, 0.25) is 0 Å². The first-order valence-electron chi connectivity index (χ1n) is 4.41. The lowest BCUT2D eigenvalue weighted by Crippen LogP contribution is -2.47. The van der Waals surface area contributed by atoms with Crippen molar-refractivity contribution < 1.29 is 8.78 Å². The highest BCUT2D eigenvalue weighted by Gasteiger charge is 2.20. The maximum absolute atomic E-state index is 12.2. The fourth-order valence-corrected chi connectivity index (χ4v) is 0.935. The van der Waals surface area contributed by atoms with Crippen molar-refractivity contribution in [2.45, 2.75) is 39.7 Å². The van der Waals surface area contributed by atoms with Crippen molar-refractivity contribution >= 4 is 0 Å². The summed E-state index contributed by atoms with van der Waals surface area (Å²) < 4.78 is 24.4. The molecule has 0 bridgehead atoms. The van der Waals surface area contributed by atoms with Crippen LogP contribution in [0.4, 0.5) is 8.78 Å². The third-order valence-electron chi connectivity index (χ3n) is 1.76. The van der Waals surface area contributed by atoms with E-state index in [4.69, 9.17) is 0 Å². The van der Waals surface area contributed by atoms with Gasteiger partial charge in [0.1, 0.15) is 0 Å². The number of nitrogens with one attached hydrogen (secondary N) is 1. The Hall–Kier alpha value is -0.220. The zero-order valence-electron chi connectivity index (χ0n) is 7.98. The molecule has 4 heteroatoms. The zero-order valence-corrected chi connectivity index (χ0v) is 7.98. The highest BCUT2D eigenvalue weighted by atomic mass is 19.3. The molecule has 0 heterocycles. The molecule has 0 aliphatic rings. The van der Waals surface area contributed by atoms with Gasteiger partial charge in [-0.25, -0.2) is 13.8 Å². The summed E-state index contributed by atoms with van der Waals surface area (Å²) in [6, 6.07) is -0.707. The summed E-state index contributed by atoms with van der Waals surface area (Å²) in [5.41, 5.74) is 2.95. The maximum atomic E-state index is 12.2. The van der Waals surface area contributed by atoms with Gasteiger partial charge in [0, 0.05) is 13.1 Å². The van der Waals surface area contributed by atoms with Crippen molar-refractivity contribution in [3.8, 4) is 0 Å². The summed E-state index contributed by atoms with van der Waals surface area (Å²) in [6.45, 7) is 6.75. The van der Waals surface area contributed by atoms with Crippen LogP contribution in [-0.4, -0.2) is 30.6 Å². The Morgan fingerprint density at radius 2 is 1.92 bits per heavy atom. The van der Waals surface area contributed by atoms with Gasteiger partial charge in [0.25, 0.3) is 6.43 Å². The summed E-state index contributed by atoms with van der Waals surface area (Å²) in [7, 11) is 0. The molecule has 0 fully saturated rings. The van der Waals surface area contributed by atoms with Crippen molar-refractivity contribution in [3.05, 3.63) is 0 Å². The van der Waals surface area contributed by atoms with Gasteiger partial charge in [-0.05, 0) is 13.3 Å². The Balaban J connectivity index is 3.79. The Morgan fingerprint density at radius 3 is 2.25 bits per heavy atom. The Kier molecular flexibility index (Phi) is 6.20. The van der Waals surface area contributed by atoms with Gasteiger partial charge in [0.05, 0.1) is 6.04 Å². The van der Waals surface area contributed by atoms with Crippen molar-refractivity contribution in [1.29, 1.82) is 0 Å². The molecule has 0 aromatic carbocycles. The molecular weight excluding hydrogens is 162 g/mol. The molecule has 0 rings (SSSR count). The summed E-state index contributed by atoms with van der Waals surface area (Å²) in [4.78, 5) is 0. The topological polar surface area (TPSA) is 15.3 Å². The molecule has 0 aromatic rings. The van der Waals surface area contributed by atoms with Crippen LogP contribution < -0.4 is 5.43 Å². The lowest BCUT2D eigenvalue weighted by Gasteiger charge is -2.27. The minimum atomic E-state index is -2.28. The first-order valence-corrected chi connectivity index (χ1v) is 4.41. The summed E-state index contributed by atoms with van der Waals surface area (Å²) in [5, 5.41) is 1.58. The first kappa shape index (κ1) is 11.8. The molecule has 0 spiro atoms. The highest BCUT2D eigenvalue weighted by Crippen LogP contribution is 2.06. The molecule has 0 aromatic heterocycles. The summed E-state index contributed by atoms with van der Waals surface area (Å²) >= 11 is 0. The van der Waals surface area contributed by atoms with Gasteiger partial charge in [-0.2, -0.15) is 0 Å². The van der Waals surface area contributed by atoms with E-state index in [0.717, 1.165) is 13.0 Å². The van der Waals surface area contributed by atoms with Crippen LogP contribution in [0.2, 0.25) is 0 Å². The predicted molar refractivity (Wildman–Crippen MR) is 46.1 cm³/mol. The normalized spacial score (nSPS) is 14.2. The minimum absolute atomic E-state index is 0.603. The fourth-order valence-electron chi connectivity index (χ4n) is 0.935. The smallest absolute Gasteiger partial charge is 0.255 e. The van der Waals surface area contributed by atoms with E-state index in [-0.39, 0.29) is 0 Å². The standard InChI is InChI=1S/C8H18F2N2/c1-4-6-11-12(5-2)7(3)8(9)10/h7-8,11H,4-6H2,1-3H3/t7-/m0/s1. The highest BCUT2D eigenvalue weighted by molar-refractivity contribution is 4.63. The second-order valence-electron chi connectivity index (χ2n) is 2.77. The Morgan fingerprint density at radius 1 is 1.33 bits per heavy atom. The monoisotopic (exact) mass is 180 g/mol. The second-order valence-corrected chi connectivity index (χ2v) is 2.77. The van der Waals surface area contributed by atoms with Gasteiger partial charge in [-0.3, -0.25) is 5.43 Å². The van der Waals surface area contributed by atoms with Crippen LogP contribution >= 0.6 is 0 Å². The number of alkyl halides is 2. The molecule has 12 heavy (non-hydrogen) atoms. The molecule has 0 saturated heterocycles. The Bertz CT molecular complexity index is 109. The lowest BCUT2D eigenvalue weighted by molar-refractivity contribution is 0.00975. The van der Waals surface area contributed by atoms with Gasteiger partial charge in [0.15, 0.2) is 0 Å². The van der Waals surface area contributed by atoms with Crippen molar-refractivity contribution in [2.24, 2.45) is 0 Å². The van der Waals surface area contributed by atoms with E-state index in [2.05, 4.69) is 5.43 Å². The van der Waals surface area contributed by atoms with Crippen molar-refractivity contribution in [2.75, 3.05) is 13.1 Å². The van der Waals surface area contributed by atoms with E-state index in [1.807, 2.05) is 13.8 Å². The van der Waals surface area contributed by atoms with Crippen LogP contribution in [0.3, 0.4) is 0 Å². The molecule has 1 atom stereocenters. The number of nitrogens with zero attached hydrogens (tertiary/aromatic N) is 1. The van der Waals surface area contributed by atoms with E-state index in [0.29, 0.717) is 6.54 Å². The summed E-state index contributed by atoms with van der Waals surface area (Å²) in [5.74, 6) is 0. The van der Waals surface area contributed by atoms with Crippen molar-refractivity contribution in [1.82, 2.24) is 10.4 Å². The minimum Gasteiger partial charge on any atom is -0.255 e. The molecular formula is C8H18F2N2. The molecule has 0 amide bonds. The molecule has 0 radical (unpaired) electrons.